The summed E-state index contributed by atoms with van der Waals surface area (Å²) in [7, 11) is 0. The number of fused-ring (bicyclic) bond motifs is 6. The van der Waals surface area contributed by atoms with E-state index in [9.17, 15) is 0 Å². The van der Waals surface area contributed by atoms with Crippen molar-refractivity contribution in [1.82, 2.24) is 4.98 Å². The fraction of sp³-hybridized carbons (Fsp3) is 0.0682. The number of hydrogen-bond acceptors (Lipinski definition) is 1. The van der Waals surface area contributed by atoms with Crippen molar-refractivity contribution in [2.45, 2.75) is 19.3 Å². The first-order valence-electron chi connectivity index (χ1n) is 15.7. The van der Waals surface area contributed by atoms with E-state index in [2.05, 4.69) is 158 Å². The molecule has 0 atom stereocenters. The van der Waals surface area contributed by atoms with E-state index in [0.29, 0.717) is 0 Å². The standard InChI is InChI=1S/C44H31N/c1-44(2)40-14-8-7-11-34(40)35-22-21-32(26-41(35)44)29-15-18-30(19-16-29)42-36-12-5-6-13-37(36)43(38-23-24-45-27-39(38)42)33-20-17-28-9-3-4-10-31(28)25-33/h3-27H,1-2H3. The first-order valence-corrected chi connectivity index (χ1v) is 15.7. The second-order valence-corrected chi connectivity index (χ2v) is 12.8. The summed E-state index contributed by atoms with van der Waals surface area (Å²) in [5.41, 5.74) is 12.9. The third-order valence-corrected chi connectivity index (χ3v) is 9.95. The molecule has 0 radical (unpaired) electrons. The van der Waals surface area contributed by atoms with Crippen LogP contribution in [-0.4, -0.2) is 4.98 Å². The van der Waals surface area contributed by atoms with E-state index in [1.807, 2.05) is 12.4 Å². The molecule has 7 aromatic carbocycles. The molecule has 8 aromatic rings. The number of pyridine rings is 1. The van der Waals surface area contributed by atoms with Crippen molar-refractivity contribution in [3.8, 4) is 44.5 Å². The lowest BCUT2D eigenvalue weighted by atomic mass is 9.81. The van der Waals surface area contributed by atoms with Crippen LogP contribution in [0.15, 0.2) is 152 Å². The second-order valence-electron chi connectivity index (χ2n) is 12.8. The van der Waals surface area contributed by atoms with E-state index in [-0.39, 0.29) is 5.41 Å². The predicted molar refractivity (Wildman–Crippen MR) is 191 cm³/mol. The maximum atomic E-state index is 4.62. The topological polar surface area (TPSA) is 12.9 Å². The Hall–Kier alpha value is -5.53. The molecule has 9 rings (SSSR count). The van der Waals surface area contributed by atoms with Gasteiger partial charge in [-0.1, -0.05) is 135 Å². The lowest BCUT2D eigenvalue weighted by Crippen LogP contribution is -2.14. The van der Waals surface area contributed by atoms with Gasteiger partial charge in [-0.05, 0) is 101 Å². The van der Waals surface area contributed by atoms with Gasteiger partial charge in [0.1, 0.15) is 0 Å². The highest BCUT2D eigenvalue weighted by molar-refractivity contribution is 6.21. The molecule has 0 amide bonds. The van der Waals surface area contributed by atoms with Gasteiger partial charge < -0.3 is 0 Å². The molecule has 0 aliphatic heterocycles. The van der Waals surface area contributed by atoms with Crippen molar-refractivity contribution in [3.63, 3.8) is 0 Å². The molecule has 1 aliphatic carbocycles. The van der Waals surface area contributed by atoms with Gasteiger partial charge in [0.2, 0.25) is 0 Å². The van der Waals surface area contributed by atoms with Gasteiger partial charge in [0, 0.05) is 23.2 Å². The Labute approximate surface area is 263 Å². The van der Waals surface area contributed by atoms with Crippen LogP contribution in [0, 0.1) is 0 Å². The van der Waals surface area contributed by atoms with Crippen LogP contribution in [0.3, 0.4) is 0 Å². The minimum atomic E-state index is -0.0144. The maximum Gasteiger partial charge on any atom is 0.0353 e. The fourth-order valence-electron chi connectivity index (χ4n) is 7.70. The summed E-state index contributed by atoms with van der Waals surface area (Å²) >= 11 is 0. The van der Waals surface area contributed by atoms with Crippen molar-refractivity contribution in [3.05, 3.63) is 163 Å². The number of aromatic nitrogens is 1. The highest BCUT2D eigenvalue weighted by Crippen LogP contribution is 2.50. The van der Waals surface area contributed by atoms with Crippen LogP contribution >= 0.6 is 0 Å². The summed E-state index contributed by atoms with van der Waals surface area (Å²) < 4.78 is 0. The maximum absolute atomic E-state index is 4.62. The van der Waals surface area contributed by atoms with Crippen LogP contribution in [-0.2, 0) is 5.41 Å². The van der Waals surface area contributed by atoms with Crippen LogP contribution in [0.2, 0.25) is 0 Å². The van der Waals surface area contributed by atoms with Crippen molar-refractivity contribution >= 4 is 32.3 Å². The van der Waals surface area contributed by atoms with E-state index in [1.54, 1.807) is 0 Å². The van der Waals surface area contributed by atoms with Crippen molar-refractivity contribution in [2.75, 3.05) is 0 Å². The number of benzene rings is 7. The quantitative estimate of drug-likeness (QED) is 0.192. The van der Waals surface area contributed by atoms with Crippen molar-refractivity contribution in [1.29, 1.82) is 0 Å². The summed E-state index contributed by atoms with van der Waals surface area (Å²) in [5.74, 6) is 0. The van der Waals surface area contributed by atoms with E-state index in [1.165, 1.54) is 88.0 Å². The molecule has 0 saturated heterocycles. The molecule has 0 fully saturated rings. The molecule has 0 unspecified atom stereocenters. The Morgan fingerprint density at radius 3 is 1.84 bits per heavy atom. The Balaban J connectivity index is 1.19. The zero-order chi connectivity index (χ0) is 30.1. The largest absolute Gasteiger partial charge is 0.264 e. The predicted octanol–water partition coefficient (Wildman–Crippen LogP) is 11.8. The Morgan fingerprint density at radius 1 is 0.422 bits per heavy atom. The highest BCUT2D eigenvalue weighted by Gasteiger charge is 2.35. The lowest BCUT2D eigenvalue weighted by Gasteiger charge is -2.22. The summed E-state index contributed by atoms with van der Waals surface area (Å²) in [6.45, 7) is 4.69. The van der Waals surface area contributed by atoms with Crippen LogP contribution < -0.4 is 0 Å². The monoisotopic (exact) mass is 573 g/mol. The van der Waals surface area contributed by atoms with E-state index < -0.39 is 0 Å². The van der Waals surface area contributed by atoms with Gasteiger partial charge in [-0.3, -0.25) is 4.98 Å². The van der Waals surface area contributed by atoms with Crippen LogP contribution in [0.1, 0.15) is 25.0 Å². The average molecular weight is 574 g/mol. The molecule has 0 saturated carbocycles. The van der Waals surface area contributed by atoms with E-state index in [0.717, 1.165) is 0 Å². The van der Waals surface area contributed by atoms with Gasteiger partial charge in [-0.15, -0.1) is 0 Å². The molecule has 45 heavy (non-hydrogen) atoms. The zero-order valence-corrected chi connectivity index (χ0v) is 25.4. The van der Waals surface area contributed by atoms with Crippen molar-refractivity contribution in [2.24, 2.45) is 0 Å². The smallest absolute Gasteiger partial charge is 0.0353 e. The first-order chi connectivity index (χ1) is 22.1. The minimum Gasteiger partial charge on any atom is -0.264 e. The molecular weight excluding hydrogens is 542 g/mol. The second kappa shape index (κ2) is 9.74. The van der Waals surface area contributed by atoms with Gasteiger partial charge in [0.05, 0.1) is 0 Å². The Bertz CT molecular complexity index is 2390. The highest BCUT2D eigenvalue weighted by atomic mass is 14.6. The molecule has 1 nitrogen and oxygen atoms in total. The molecule has 1 heteroatoms. The fourth-order valence-corrected chi connectivity index (χ4v) is 7.70. The Kier molecular flexibility index (Phi) is 5.61. The lowest BCUT2D eigenvalue weighted by molar-refractivity contribution is 0.660. The molecule has 1 aliphatic rings. The summed E-state index contributed by atoms with van der Waals surface area (Å²) in [6.07, 6.45) is 3.96. The molecule has 0 bridgehead atoms. The first kappa shape index (κ1) is 25.9. The van der Waals surface area contributed by atoms with Crippen LogP contribution in [0.25, 0.3) is 76.8 Å². The van der Waals surface area contributed by atoms with Crippen molar-refractivity contribution < 1.29 is 0 Å². The summed E-state index contributed by atoms with van der Waals surface area (Å²) in [5, 5.41) is 7.39. The molecular formula is C44H31N. The van der Waals surface area contributed by atoms with Crippen LogP contribution in [0.4, 0.5) is 0 Å². The third-order valence-electron chi connectivity index (χ3n) is 9.95. The molecule has 0 spiro atoms. The molecule has 1 aromatic heterocycles. The van der Waals surface area contributed by atoms with Gasteiger partial charge in [0.15, 0.2) is 0 Å². The number of nitrogens with zero attached hydrogens (tertiary/aromatic N) is 1. The van der Waals surface area contributed by atoms with Gasteiger partial charge >= 0.3 is 0 Å². The summed E-state index contributed by atoms with van der Waals surface area (Å²) in [4.78, 5) is 4.62. The zero-order valence-electron chi connectivity index (χ0n) is 25.4. The average Bonchev–Trinajstić information content (AvgIpc) is 3.32. The van der Waals surface area contributed by atoms with Gasteiger partial charge in [-0.2, -0.15) is 0 Å². The SMILES string of the molecule is CC1(C)c2ccccc2-c2ccc(-c3ccc(-c4c5ccccc5c(-c5ccc6ccccc6c5)c5ccncc45)cc3)cc21. The van der Waals surface area contributed by atoms with E-state index in [4.69, 9.17) is 0 Å². The number of hydrogen-bond donors (Lipinski definition) is 0. The molecule has 0 N–H and O–H groups in total. The third kappa shape index (κ3) is 3.90. The molecule has 1 heterocycles. The van der Waals surface area contributed by atoms with Crippen LogP contribution in [0.5, 0.6) is 0 Å². The van der Waals surface area contributed by atoms with E-state index >= 15 is 0 Å². The number of rotatable bonds is 3. The normalized spacial score (nSPS) is 13.3. The Morgan fingerprint density at radius 2 is 1.02 bits per heavy atom. The molecule has 212 valence electrons. The van der Waals surface area contributed by atoms with Gasteiger partial charge in [-0.25, -0.2) is 0 Å². The van der Waals surface area contributed by atoms with Gasteiger partial charge in [0.25, 0.3) is 0 Å². The minimum absolute atomic E-state index is 0.0144. The summed E-state index contributed by atoms with van der Waals surface area (Å²) in [6, 6.07) is 51.3.